The fourth-order valence-electron chi connectivity index (χ4n) is 11.1. The Morgan fingerprint density at radius 2 is 1.07 bits per heavy atom. The van der Waals surface area contributed by atoms with Gasteiger partial charge >= 0.3 is 0 Å². The summed E-state index contributed by atoms with van der Waals surface area (Å²) in [5.41, 5.74) is 19.6. The average molecular weight is 946 g/mol. The lowest BCUT2D eigenvalue weighted by Gasteiger charge is -2.44. The zero-order valence-corrected chi connectivity index (χ0v) is 44.8. The summed E-state index contributed by atoms with van der Waals surface area (Å²) >= 11 is 0. The standard InChI is InChI=1S/C68H71N3O/c1-64(2,3)49-37-47(36-48(38-49)56-39-46(32-35-69-56)43-24-17-14-18-25-43)51-30-23-31-57-60(51)70-63(53-40-50(65(4,5)6)41-55(62(53)72)66(7,8)9)71(57)61-52(44-26-19-15-20-27-44)42-54-59(58(61)45-28-21-16-22-29-45)68(12,13)34-33-67(54,10)11/h14-32,35-42,72H,33-34H2,1-13H3. The van der Waals surface area contributed by atoms with E-state index in [9.17, 15) is 5.11 Å². The Hall–Kier alpha value is -7.04. The van der Waals surface area contributed by atoms with Crippen LogP contribution in [0.4, 0.5) is 0 Å². The topological polar surface area (TPSA) is 50.9 Å². The largest absolute Gasteiger partial charge is 0.507 e. The molecule has 0 saturated heterocycles. The van der Waals surface area contributed by atoms with Crippen LogP contribution in [0.15, 0.2) is 164 Å². The molecular formula is C68H71N3O. The number of phenols is 1. The molecule has 0 amide bonds. The van der Waals surface area contributed by atoms with Crippen LogP contribution < -0.4 is 0 Å². The van der Waals surface area contributed by atoms with E-state index in [0.717, 1.165) is 96.5 Å². The van der Waals surface area contributed by atoms with Crippen LogP contribution >= 0.6 is 0 Å². The molecule has 0 spiro atoms. The van der Waals surface area contributed by atoms with Crippen molar-refractivity contribution in [1.82, 2.24) is 14.5 Å². The first-order valence-electron chi connectivity index (χ1n) is 25.9. The van der Waals surface area contributed by atoms with Gasteiger partial charge in [0.2, 0.25) is 0 Å². The number of aromatic hydroxyl groups is 1. The molecule has 0 saturated carbocycles. The van der Waals surface area contributed by atoms with Crippen LogP contribution in [0.2, 0.25) is 0 Å². The summed E-state index contributed by atoms with van der Waals surface area (Å²) in [7, 11) is 0. The van der Waals surface area contributed by atoms with E-state index in [2.05, 4.69) is 252 Å². The highest BCUT2D eigenvalue weighted by Crippen LogP contribution is 2.55. The van der Waals surface area contributed by atoms with Gasteiger partial charge in [0.05, 0.1) is 28.0 Å². The van der Waals surface area contributed by atoms with Crippen molar-refractivity contribution in [3.63, 3.8) is 0 Å². The summed E-state index contributed by atoms with van der Waals surface area (Å²) in [6.45, 7) is 29.9. The Bertz CT molecular complexity index is 3500. The number of pyridine rings is 1. The highest BCUT2D eigenvalue weighted by Gasteiger charge is 2.42. The summed E-state index contributed by atoms with van der Waals surface area (Å²) in [4.78, 5) is 10.9. The van der Waals surface area contributed by atoms with Crippen molar-refractivity contribution in [2.24, 2.45) is 0 Å². The zero-order chi connectivity index (χ0) is 51.1. The second-order valence-corrected chi connectivity index (χ2v) is 24.8. The van der Waals surface area contributed by atoms with E-state index in [4.69, 9.17) is 9.97 Å². The van der Waals surface area contributed by atoms with E-state index in [1.807, 2.05) is 6.20 Å². The summed E-state index contributed by atoms with van der Waals surface area (Å²) in [5.74, 6) is 0.968. The number of para-hydroxylation sites is 1. The number of hydrogen-bond acceptors (Lipinski definition) is 3. The molecule has 9 aromatic rings. The lowest BCUT2D eigenvalue weighted by Crippen LogP contribution is -2.35. The summed E-state index contributed by atoms with van der Waals surface area (Å²) in [6.07, 6.45) is 4.06. The van der Waals surface area contributed by atoms with Crippen LogP contribution in [0.1, 0.15) is 131 Å². The molecule has 4 nitrogen and oxygen atoms in total. The zero-order valence-electron chi connectivity index (χ0n) is 44.8. The lowest BCUT2D eigenvalue weighted by atomic mass is 9.60. The van der Waals surface area contributed by atoms with Gasteiger partial charge in [-0.25, -0.2) is 4.98 Å². The molecule has 0 radical (unpaired) electrons. The molecule has 10 rings (SSSR count). The summed E-state index contributed by atoms with van der Waals surface area (Å²) in [6, 6.07) is 57.3. The highest BCUT2D eigenvalue weighted by atomic mass is 16.3. The number of hydrogen-bond donors (Lipinski definition) is 1. The third-order valence-electron chi connectivity index (χ3n) is 15.4. The molecule has 0 atom stereocenters. The Morgan fingerprint density at radius 1 is 0.486 bits per heavy atom. The number of fused-ring (bicyclic) bond motifs is 2. The minimum atomic E-state index is -0.358. The van der Waals surface area contributed by atoms with Gasteiger partial charge in [-0.3, -0.25) is 9.55 Å². The van der Waals surface area contributed by atoms with E-state index < -0.39 is 0 Å². The molecule has 2 aromatic heterocycles. The highest BCUT2D eigenvalue weighted by molar-refractivity contribution is 6.00. The maximum atomic E-state index is 13.0. The molecule has 0 aliphatic heterocycles. The van der Waals surface area contributed by atoms with Gasteiger partial charge in [0.1, 0.15) is 11.6 Å². The number of benzene rings is 7. The van der Waals surface area contributed by atoms with E-state index in [0.29, 0.717) is 5.82 Å². The molecule has 1 aliphatic carbocycles. The van der Waals surface area contributed by atoms with Crippen molar-refractivity contribution in [2.75, 3.05) is 0 Å². The normalized spacial score (nSPS) is 14.6. The van der Waals surface area contributed by atoms with Gasteiger partial charge in [0.25, 0.3) is 0 Å². The second kappa shape index (κ2) is 17.6. The average Bonchev–Trinajstić information content (AvgIpc) is 3.74. The van der Waals surface area contributed by atoms with Gasteiger partial charge in [-0.2, -0.15) is 0 Å². The molecule has 7 aromatic carbocycles. The number of imidazole rings is 1. The third-order valence-corrected chi connectivity index (χ3v) is 15.4. The van der Waals surface area contributed by atoms with E-state index in [1.54, 1.807) is 0 Å². The van der Waals surface area contributed by atoms with Crippen LogP contribution in [-0.2, 0) is 27.1 Å². The molecule has 72 heavy (non-hydrogen) atoms. The SMILES string of the molecule is CC(C)(C)c1cc(-c2cc(-c3ccccc3)ccn2)cc(-c2cccc3c2nc(-c2cc(C(C)(C)C)cc(C(C)(C)C)c2O)n3-c2c(-c3ccccc3)cc3c(c2-c2ccccc2)C(C)(C)CCC3(C)C)c1. The van der Waals surface area contributed by atoms with Crippen molar-refractivity contribution in [2.45, 2.75) is 130 Å². The Morgan fingerprint density at radius 3 is 1.69 bits per heavy atom. The van der Waals surface area contributed by atoms with Crippen LogP contribution in [0.5, 0.6) is 5.75 Å². The predicted molar refractivity (Wildman–Crippen MR) is 305 cm³/mol. The minimum absolute atomic E-state index is 0.0738. The fourth-order valence-corrected chi connectivity index (χ4v) is 11.1. The molecule has 0 bridgehead atoms. The molecule has 364 valence electrons. The first kappa shape index (κ1) is 48.6. The smallest absolute Gasteiger partial charge is 0.149 e. The van der Waals surface area contributed by atoms with Crippen LogP contribution in [0.25, 0.3) is 83.9 Å². The first-order valence-corrected chi connectivity index (χ1v) is 25.9. The Kier molecular flexibility index (Phi) is 11.9. The van der Waals surface area contributed by atoms with Gasteiger partial charge in [0.15, 0.2) is 0 Å². The number of aromatic nitrogens is 3. The van der Waals surface area contributed by atoms with Crippen molar-refractivity contribution in [3.05, 3.63) is 192 Å². The van der Waals surface area contributed by atoms with Crippen molar-refractivity contribution in [1.29, 1.82) is 0 Å². The molecule has 1 N–H and O–H groups in total. The second-order valence-electron chi connectivity index (χ2n) is 24.8. The van der Waals surface area contributed by atoms with Gasteiger partial charge in [0, 0.05) is 34.0 Å². The van der Waals surface area contributed by atoms with Crippen LogP contribution in [-0.4, -0.2) is 19.6 Å². The summed E-state index contributed by atoms with van der Waals surface area (Å²) in [5, 5.41) is 13.0. The van der Waals surface area contributed by atoms with Crippen molar-refractivity contribution < 1.29 is 5.11 Å². The van der Waals surface area contributed by atoms with Crippen LogP contribution in [0, 0.1) is 0 Å². The molecular weight excluding hydrogens is 875 g/mol. The van der Waals surface area contributed by atoms with Crippen LogP contribution in [0.3, 0.4) is 0 Å². The quantitative estimate of drug-likeness (QED) is 0.173. The number of phenolic OH excluding ortho intramolecular Hbond substituents is 1. The number of nitrogens with zero attached hydrogens (tertiary/aromatic N) is 3. The molecule has 4 heteroatoms. The molecule has 0 unspecified atom stereocenters. The molecule has 1 aliphatic rings. The van der Waals surface area contributed by atoms with E-state index in [-0.39, 0.29) is 32.8 Å². The fraction of sp³-hybridized carbons (Fsp3) is 0.294. The van der Waals surface area contributed by atoms with Gasteiger partial charge in [-0.05, 0) is 132 Å². The molecule has 0 fully saturated rings. The Labute approximate surface area is 428 Å². The Balaban J connectivity index is 1.38. The van der Waals surface area contributed by atoms with Gasteiger partial charge in [-0.1, -0.05) is 205 Å². The lowest BCUT2D eigenvalue weighted by molar-refractivity contribution is 0.333. The van der Waals surface area contributed by atoms with E-state index in [1.165, 1.54) is 22.3 Å². The number of rotatable bonds is 7. The first-order chi connectivity index (χ1) is 34.0. The maximum Gasteiger partial charge on any atom is 0.149 e. The minimum Gasteiger partial charge on any atom is -0.507 e. The monoisotopic (exact) mass is 946 g/mol. The third kappa shape index (κ3) is 8.78. The van der Waals surface area contributed by atoms with Gasteiger partial charge in [-0.15, -0.1) is 0 Å². The van der Waals surface area contributed by atoms with Crippen molar-refractivity contribution >= 4 is 11.0 Å². The van der Waals surface area contributed by atoms with Gasteiger partial charge < -0.3 is 5.11 Å². The summed E-state index contributed by atoms with van der Waals surface area (Å²) < 4.78 is 2.43. The van der Waals surface area contributed by atoms with E-state index >= 15 is 0 Å². The molecule has 2 heterocycles. The predicted octanol–water partition coefficient (Wildman–Crippen LogP) is 18.4. The maximum absolute atomic E-state index is 13.0. The van der Waals surface area contributed by atoms with Crippen molar-refractivity contribution in [3.8, 4) is 78.6 Å².